The van der Waals surface area contributed by atoms with Crippen LogP contribution in [0.3, 0.4) is 0 Å². The summed E-state index contributed by atoms with van der Waals surface area (Å²) in [6.07, 6.45) is -1.98. The van der Waals surface area contributed by atoms with Gasteiger partial charge in [-0.15, -0.1) is 0 Å². The van der Waals surface area contributed by atoms with Gasteiger partial charge in [0.25, 0.3) is 0 Å². The SMILES string of the molecule is CN1CCCC(CNc2cccc(C(F)(F)F)c2)C1. The molecule has 0 aliphatic carbocycles. The Morgan fingerprint density at radius 3 is 2.84 bits per heavy atom. The highest BCUT2D eigenvalue weighted by molar-refractivity contribution is 5.46. The van der Waals surface area contributed by atoms with Crippen LogP contribution in [0.1, 0.15) is 18.4 Å². The zero-order valence-electron chi connectivity index (χ0n) is 11.0. The van der Waals surface area contributed by atoms with Gasteiger partial charge in [-0.25, -0.2) is 0 Å². The molecule has 2 nitrogen and oxygen atoms in total. The molecular formula is C14H19F3N2. The second-order valence-corrected chi connectivity index (χ2v) is 5.23. The lowest BCUT2D eigenvalue weighted by molar-refractivity contribution is -0.137. The molecule has 0 aromatic heterocycles. The van der Waals surface area contributed by atoms with Gasteiger partial charge in [0.15, 0.2) is 0 Å². The Hall–Kier alpha value is -1.23. The van der Waals surface area contributed by atoms with Crippen LogP contribution in [0.2, 0.25) is 0 Å². The molecule has 0 saturated carbocycles. The van der Waals surface area contributed by atoms with Gasteiger partial charge in [-0.05, 0) is 50.6 Å². The van der Waals surface area contributed by atoms with Gasteiger partial charge in [0.1, 0.15) is 0 Å². The molecule has 1 saturated heterocycles. The molecule has 1 atom stereocenters. The first-order chi connectivity index (χ1) is 8.95. The highest BCUT2D eigenvalue weighted by atomic mass is 19.4. The summed E-state index contributed by atoms with van der Waals surface area (Å²) in [5.74, 6) is 0.508. The van der Waals surface area contributed by atoms with Gasteiger partial charge in [0.05, 0.1) is 5.56 Å². The molecule has 1 fully saturated rings. The summed E-state index contributed by atoms with van der Waals surface area (Å²) in [5.41, 5.74) is -0.0543. The molecule has 1 aromatic rings. The number of alkyl halides is 3. The van der Waals surface area contributed by atoms with Crippen molar-refractivity contribution < 1.29 is 13.2 Å². The third kappa shape index (κ3) is 4.13. The van der Waals surface area contributed by atoms with Crippen molar-refractivity contribution in [1.29, 1.82) is 0 Å². The van der Waals surface area contributed by atoms with E-state index in [9.17, 15) is 13.2 Å². The average Bonchev–Trinajstić information content (AvgIpc) is 2.36. The third-order valence-corrected chi connectivity index (χ3v) is 3.51. The Labute approximate surface area is 111 Å². The van der Waals surface area contributed by atoms with Crippen molar-refractivity contribution in [2.24, 2.45) is 5.92 Å². The number of nitrogens with one attached hydrogen (secondary N) is 1. The summed E-state index contributed by atoms with van der Waals surface area (Å²) in [4.78, 5) is 2.27. The molecule has 0 radical (unpaired) electrons. The second kappa shape index (κ2) is 5.82. The molecule has 1 aromatic carbocycles. The van der Waals surface area contributed by atoms with Crippen molar-refractivity contribution in [3.8, 4) is 0 Å². The first-order valence-electron chi connectivity index (χ1n) is 6.55. The van der Waals surface area contributed by atoms with E-state index < -0.39 is 11.7 Å². The lowest BCUT2D eigenvalue weighted by Gasteiger charge is -2.30. The zero-order chi connectivity index (χ0) is 13.9. The monoisotopic (exact) mass is 272 g/mol. The fourth-order valence-corrected chi connectivity index (χ4v) is 2.51. The maximum atomic E-state index is 12.6. The lowest BCUT2D eigenvalue weighted by atomic mass is 9.98. The predicted molar refractivity (Wildman–Crippen MR) is 70.2 cm³/mol. The van der Waals surface area contributed by atoms with Crippen LogP contribution in [-0.4, -0.2) is 31.6 Å². The first-order valence-corrected chi connectivity index (χ1v) is 6.55. The van der Waals surface area contributed by atoms with Crippen LogP contribution in [0.25, 0.3) is 0 Å². The Morgan fingerprint density at radius 1 is 1.37 bits per heavy atom. The third-order valence-electron chi connectivity index (χ3n) is 3.51. The van der Waals surface area contributed by atoms with Gasteiger partial charge >= 0.3 is 6.18 Å². The fraction of sp³-hybridized carbons (Fsp3) is 0.571. The largest absolute Gasteiger partial charge is 0.416 e. The first kappa shape index (κ1) is 14.2. The predicted octanol–water partition coefficient (Wildman–Crippen LogP) is 3.46. The number of hydrogen-bond acceptors (Lipinski definition) is 2. The Morgan fingerprint density at radius 2 is 2.16 bits per heavy atom. The van der Waals surface area contributed by atoms with E-state index >= 15 is 0 Å². The van der Waals surface area contributed by atoms with Crippen molar-refractivity contribution in [2.45, 2.75) is 19.0 Å². The van der Waals surface area contributed by atoms with Gasteiger partial charge in [0, 0.05) is 18.8 Å². The van der Waals surface area contributed by atoms with E-state index in [2.05, 4.69) is 17.3 Å². The van der Waals surface area contributed by atoms with Gasteiger partial charge < -0.3 is 10.2 Å². The summed E-state index contributed by atoms with van der Waals surface area (Å²) in [6, 6.07) is 5.39. The van der Waals surface area contributed by atoms with Gasteiger partial charge in [-0.1, -0.05) is 6.07 Å². The Kier molecular flexibility index (Phi) is 4.34. The summed E-state index contributed by atoms with van der Waals surface area (Å²) in [7, 11) is 2.08. The van der Waals surface area contributed by atoms with Crippen LogP contribution in [0, 0.1) is 5.92 Å². The van der Waals surface area contributed by atoms with Crippen molar-refractivity contribution >= 4 is 5.69 Å². The molecule has 1 unspecified atom stereocenters. The van der Waals surface area contributed by atoms with E-state index in [0.717, 1.165) is 38.5 Å². The normalized spacial score (nSPS) is 21.4. The minimum Gasteiger partial charge on any atom is -0.385 e. The molecule has 2 rings (SSSR count). The van der Waals surface area contributed by atoms with E-state index in [1.807, 2.05) is 0 Å². The Balaban J connectivity index is 1.92. The number of anilines is 1. The maximum absolute atomic E-state index is 12.6. The molecule has 1 aliphatic rings. The number of halogens is 3. The van der Waals surface area contributed by atoms with E-state index in [1.165, 1.54) is 12.1 Å². The van der Waals surface area contributed by atoms with Crippen molar-refractivity contribution in [1.82, 2.24) is 4.90 Å². The van der Waals surface area contributed by atoms with Crippen molar-refractivity contribution in [3.05, 3.63) is 29.8 Å². The minimum atomic E-state index is -4.28. The second-order valence-electron chi connectivity index (χ2n) is 5.23. The van der Waals surface area contributed by atoms with Crippen LogP contribution in [0.4, 0.5) is 18.9 Å². The highest BCUT2D eigenvalue weighted by Crippen LogP contribution is 2.30. The van der Waals surface area contributed by atoms with E-state index in [4.69, 9.17) is 0 Å². The molecule has 106 valence electrons. The van der Waals surface area contributed by atoms with Crippen molar-refractivity contribution in [2.75, 3.05) is 32.0 Å². The van der Waals surface area contributed by atoms with Gasteiger partial charge in [-0.2, -0.15) is 13.2 Å². The standard InChI is InChI=1S/C14H19F3N2/c1-19-7-3-4-11(10-19)9-18-13-6-2-5-12(8-13)14(15,16)17/h2,5-6,8,11,18H,3-4,7,9-10H2,1H3. The maximum Gasteiger partial charge on any atom is 0.416 e. The molecule has 1 aliphatic heterocycles. The van der Waals surface area contributed by atoms with Crippen LogP contribution < -0.4 is 5.32 Å². The molecule has 19 heavy (non-hydrogen) atoms. The summed E-state index contributed by atoms with van der Waals surface area (Å²) >= 11 is 0. The molecular weight excluding hydrogens is 253 g/mol. The molecule has 0 amide bonds. The fourth-order valence-electron chi connectivity index (χ4n) is 2.51. The topological polar surface area (TPSA) is 15.3 Å². The van der Waals surface area contributed by atoms with E-state index in [-0.39, 0.29) is 0 Å². The minimum absolute atomic E-state index is 0.508. The summed E-state index contributed by atoms with van der Waals surface area (Å²) in [6.45, 7) is 2.84. The van der Waals surface area contributed by atoms with Crippen LogP contribution in [0.15, 0.2) is 24.3 Å². The van der Waals surface area contributed by atoms with Crippen molar-refractivity contribution in [3.63, 3.8) is 0 Å². The van der Waals surface area contributed by atoms with Gasteiger partial charge in [0.2, 0.25) is 0 Å². The number of hydrogen-bond donors (Lipinski definition) is 1. The number of piperidine rings is 1. The van der Waals surface area contributed by atoms with Crippen LogP contribution in [-0.2, 0) is 6.18 Å². The molecule has 5 heteroatoms. The molecule has 0 spiro atoms. The number of nitrogens with zero attached hydrogens (tertiary/aromatic N) is 1. The summed E-state index contributed by atoms with van der Waals surface area (Å²) in [5, 5.41) is 3.12. The smallest absolute Gasteiger partial charge is 0.385 e. The van der Waals surface area contributed by atoms with Crippen LogP contribution >= 0.6 is 0 Å². The number of rotatable bonds is 3. The summed E-state index contributed by atoms with van der Waals surface area (Å²) < 4.78 is 37.7. The average molecular weight is 272 g/mol. The quantitative estimate of drug-likeness (QED) is 0.906. The lowest BCUT2D eigenvalue weighted by Crippen LogP contribution is -2.35. The van der Waals surface area contributed by atoms with Gasteiger partial charge in [-0.3, -0.25) is 0 Å². The molecule has 1 heterocycles. The zero-order valence-corrected chi connectivity index (χ0v) is 11.0. The molecule has 1 N–H and O–H groups in total. The highest BCUT2D eigenvalue weighted by Gasteiger charge is 2.30. The van der Waals surface area contributed by atoms with E-state index in [0.29, 0.717) is 11.6 Å². The Bertz CT molecular complexity index is 417. The molecule has 0 bridgehead atoms. The number of likely N-dealkylation sites (tertiary alicyclic amines) is 1. The van der Waals surface area contributed by atoms with Crippen LogP contribution in [0.5, 0.6) is 0 Å². The number of benzene rings is 1. The van der Waals surface area contributed by atoms with E-state index in [1.54, 1.807) is 6.07 Å².